The summed E-state index contributed by atoms with van der Waals surface area (Å²) >= 11 is 1.67. The summed E-state index contributed by atoms with van der Waals surface area (Å²) in [4.78, 5) is 13.4. The standard InChI is InChI=1S/C17H24N4O2S/c1-12(14-7-5-6-8-15(14)24-4)18-17(22)19-16-11-13(9-10-23-3)20-21(16)2/h5-8,11-12H,9-10H2,1-4H3,(H2,18,19,22)/t12-/m1/s1. The minimum atomic E-state index is -0.250. The third-order valence-electron chi connectivity index (χ3n) is 3.69. The van der Waals surface area contributed by atoms with Gasteiger partial charge in [0, 0.05) is 31.5 Å². The van der Waals surface area contributed by atoms with Crippen molar-refractivity contribution < 1.29 is 9.53 Å². The topological polar surface area (TPSA) is 68.2 Å². The normalized spacial score (nSPS) is 12.0. The number of nitrogens with one attached hydrogen (secondary N) is 2. The SMILES string of the molecule is COCCc1cc(NC(=O)N[C@H](C)c2ccccc2SC)n(C)n1. The lowest BCUT2D eigenvalue weighted by Crippen LogP contribution is -2.32. The number of hydrogen-bond acceptors (Lipinski definition) is 4. The summed E-state index contributed by atoms with van der Waals surface area (Å²) < 4.78 is 6.71. The summed E-state index contributed by atoms with van der Waals surface area (Å²) in [5.74, 6) is 0.656. The molecule has 0 spiro atoms. The second kappa shape index (κ2) is 8.75. The summed E-state index contributed by atoms with van der Waals surface area (Å²) in [6, 6.07) is 9.59. The fraction of sp³-hybridized carbons (Fsp3) is 0.412. The Hall–Kier alpha value is -1.99. The summed E-state index contributed by atoms with van der Waals surface area (Å²) in [5.41, 5.74) is 1.99. The molecule has 6 nitrogen and oxygen atoms in total. The molecule has 1 atom stereocenters. The van der Waals surface area contributed by atoms with E-state index in [1.165, 1.54) is 0 Å². The Morgan fingerprint density at radius 1 is 1.42 bits per heavy atom. The predicted octanol–water partition coefficient (Wildman–Crippen LogP) is 3.21. The van der Waals surface area contributed by atoms with Crippen molar-refractivity contribution in [3.8, 4) is 0 Å². The molecule has 2 aromatic rings. The van der Waals surface area contributed by atoms with Gasteiger partial charge in [0.15, 0.2) is 0 Å². The van der Waals surface area contributed by atoms with Crippen LogP contribution in [-0.4, -0.2) is 35.8 Å². The minimum Gasteiger partial charge on any atom is -0.384 e. The van der Waals surface area contributed by atoms with Gasteiger partial charge in [-0.05, 0) is 24.8 Å². The molecular formula is C17H24N4O2S. The molecule has 0 aliphatic carbocycles. The largest absolute Gasteiger partial charge is 0.384 e. The molecule has 0 aliphatic heterocycles. The zero-order valence-corrected chi connectivity index (χ0v) is 15.3. The number of nitrogens with zero attached hydrogens (tertiary/aromatic N) is 2. The Morgan fingerprint density at radius 2 is 2.17 bits per heavy atom. The van der Waals surface area contributed by atoms with Crippen LogP contribution in [-0.2, 0) is 18.2 Å². The van der Waals surface area contributed by atoms with Crippen LogP contribution in [0.15, 0.2) is 35.2 Å². The lowest BCUT2D eigenvalue weighted by atomic mass is 10.1. The van der Waals surface area contributed by atoms with Gasteiger partial charge in [-0.25, -0.2) is 4.79 Å². The third kappa shape index (κ3) is 4.75. The Morgan fingerprint density at radius 3 is 2.88 bits per heavy atom. The van der Waals surface area contributed by atoms with Crippen LogP contribution in [0, 0.1) is 0 Å². The molecule has 1 heterocycles. The van der Waals surface area contributed by atoms with Crippen molar-refractivity contribution in [2.45, 2.75) is 24.3 Å². The highest BCUT2D eigenvalue weighted by Gasteiger charge is 2.14. The number of benzene rings is 1. The van der Waals surface area contributed by atoms with Crippen LogP contribution in [0.5, 0.6) is 0 Å². The van der Waals surface area contributed by atoms with Crippen LogP contribution in [0.2, 0.25) is 0 Å². The fourth-order valence-electron chi connectivity index (χ4n) is 2.42. The number of methoxy groups -OCH3 is 1. The molecule has 2 amide bonds. The molecule has 1 aromatic heterocycles. The van der Waals surface area contributed by atoms with E-state index in [1.807, 2.05) is 37.4 Å². The minimum absolute atomic E-state index is 0.0881. The number of rotatable bonds is 7. The van der Waals surface area contributed by atoms with E-state index in [9.17, 15) is 4.79 Å². The van der Waals surface area contributed by atoms with E-state index in [-0.39, 0.29) is 12.1 Å². The number of carbonyl (C=O) groups excluding carboxylic acids is 1. The first-order valence-electron chi connectivity index (χ1n) is 7.77. The van der Waals surface area contributed by atoms with Gasteiger partial charge in [-0.2, -0.15) is 5.10 Å². The average Bonchev–Trinajstić information content (AvgIpc) is 2.92. The summed E-state index contributed by atoms with van der Waals surface area (Å²) in [6.45, 7) is 2.58. The Balaban J connectivity index is 1.99. The van der Waals surface area contributed by atoms with E-state index in [1.54, 1.807) is 30.6 Å². The van der Waals surface area contributed by atoms with Crippen molar-refractivity contribution in [1.82, 2.24) is 15.1 Å². The molecule has 0 saturated carbocycles. The first-order chi connectivity index (χ1) is 11.5. The number of carbonyl (C=O) groups is 1. The number of anilines is 1. The van der Waals surface area contributed by atoms with E-state index >= 15 is 0 Å². The predicted molar refractivity (Wildman–Crippen MR) is 97.6 cm³/mol. The number of hydrogen-bond donors (Lipinski definition) is 2. The molecule has 24 heavy (non-hydrogen) atoms. The van der Waals surface area contributed by atoms with Gasteiger partial charge in [0.05, 0.1) is 18.3 Å². The van der Waals surface area contributed by atoms with Gasteiger partial charge in [-0.3, -0.25) is 10.00 Å². The van der Waals surface area contributed by atoms with Gasteiger partial charge in [-0.15, -0.1) is 11.8 Å². The van der Waals surface area contributed by atoms with Crippen LogP contribution in [0.25, 0.3) is 0 Å². The third-order valence-corrected chi connectivity index (χ3v) is 4.50. The highest BCUT2D eigenvalue weighted by atomic mass is 32.2. The quantitative estimate of drug-likeness (QED) is 0.754. The van der Waals surface area contributed by atoms with Crippen LogP contribution >= 0.6 is 11.8 Å². The number of ether oxygens (including phenoxy) is 1. The van der Waals surface area contributed by atoms with E-state index in [0.29, 0.717) is 18.8 Å². The Labute approximate surface area is 147 Å². The average molecular weight is 348 g/mol. The van der Waals surface area contributed by atoms with Crippen molar-refractivity contribution in [2.75, 3.05) is 25.3 Å². The van der Waals surface area contributed by atoms with Crippen molar-refractivity contribution in [3.05, 3.63) is 41.6 Å². The number of aromatic nitrogens is 2. The Kier molecular flexibility index (Phi) is 6.69. The molecule has 0 aliphatic rings. The molecular weight excluding hydrogens is 324 g/mol. The summed E-state index contributed by atoms with van der Waals surface area (Å²) in [5, 5.41) is 10.2. The number of amides is 2. The van der Waals surface area contributed by atoms with E-state index in [4.69, 9.17) is 4.74 Å². The maximum atomic E-state index is 12.3. The molecule has 1 aromatic carbocycles. The molecule has 0 bridgehead atoms. The van der Waals surface area contributed by atoms with Crippen molar-refractivity contribution >= 4 is 23.6 Å². The van der Waals surface area contributed by atoms with E-state index < -0.39 is 0 Å². The van der Waals surface area contributed by atoms with Gasteiger partial charge in [0.1, 0.15) is 5.82 Å². The highest BCUT2D eigenvalue weighted by Crippen LogP contribution is 2.25. The van der Waals surface area contributed by atoms with Crippen molar-refractivity contribution in [2.24, 2.45) is 7.05 Å². The number of urea groups is 1. The zero-order chi connectivity index (χ0) is 17.5. The maximum absolute atomic E-state index is 12.3. The lowest BCUT2D eigenvalue weighted by molar-refractivity contribution is 0.201. The van der Waals surface area contributed by atoms with Gasteiger partial charge >= 0.3 is 6.03 Å². The second-order valence-electron chi connectivity index (χ2n) is 5.45. The van der Waals surface area contributed by atoms with Crippen molar-refractivity contribution in [3.63, 3.8) is 0 Å². The monoisotopic (exact) mass is 348 g/mol. The number of thioether (sulfide) groups is 1. The smallest absolute Gasteiger partial charge is 0.320 e. The summed E-state index contributed by atoms with van der Waals surface area (Å²) in [7, 11) is 3.46. The van der Waals surface area contributed by atoms with Crippen LogP contribution in [0.4, 0.5) is 10.6 Å². The summed E-state index contributed by atoms with van der Waals surface area (Å²) in [6.07, 6.45) is 2.74. The van der Waals surface area contributed by atoms with Gasteiger partial charge in [-0.1, -0.05) is 18.2 Å². The molecule has 130 valence electrons. The molecule has 0 saturated heterocycles. The molecule has 2 N–H and O–H groups in total. The fourth-order valence-corrected chi connectivity index (χ4v) is 3.12. The maximum Gasteiger partial charge on any atom is 0.320 e. The highest BCUT2D eigenvalue weighted by molar-refractivity contribution is 7.98. The van der Waals surface area contributed by atoms with Crippen LogP contribution in [0.1, 0.15) is 24.2 Å². The molecule has 0 fully saturated rings. The molecule has 2 rings (SSSR count). The van der Waals surface area contributed by atoms with Gasteiger partial charge in [0.25, 0.3) is 0 Å². The first kappa shape index (κ1) is 18.4. The Bertz CT molecular complexity index is 687. The first-order valence-corrected chi connectivity index (χ1v) is 9.00. The van der Waals surface area contributed by atoms with Crippen LogP contribution < -0.4 is 10.6 Å². The molecule has 7 heteroatoms. The zero-order valence-electron chi connectivity index (χ0n) is 14.5. The van der Waals surface area contributed by atoms with E-state index in [2.05, 4.69) is 21.8 Å². The second-order valence-corrected chi connectivity index (χ2v) is 6.30. The lowest BCUT2D eigenvalue weighted by Gasteiger charge is -2.17. The van der Waals surface area contributed by atoms with Gasteiger partial charge in [0.2, 0.25) is 0 Å². The molecule has 0 unspecified atom stereocenters. The van der Waals surface area contributed by atoms with E-state index in [0.717, 1.165) is 16.2 Å². The van der Waals surface area contributed by atoms with Crippen molar-refractivity contribution in [1.29, 1.82) is 0 Å². The molecule has 0 radical (unpaired) electrons. The van der Waals surface area contributed by atoms with Crippen LogP contribution in [0.3, 0.4) is 0 Å². The van der Waals surface area contributed by atoms with Gasteiger partial charge < -0.3 is 10.1 Å². The number of aryl methyl sites for hydroxylation is 1.